The summed E-state index contributed by atoms with van der Waals surface area (Å²) < 4.78 is 0. The molecular formula is C11H17N3O2. The molecule has 5 N–H and O–H groups in total. The highest BCUT2D eigenvalue weighted by molar-refractivity contribution is 5.95. The van der Waals surface area contributed by atoms with Gasteiger partial charge in [-0.15, -0.1) is 0 Å². The number of rotatable bonds is 5. The van der Waals surface area contributed by atoms with E-state index < -0.39 is 5.91 Å². The van der Waals surface area contributed by atoms with Crippen LogP contribution in [-0.2, 0) is 0 Å². The van der Waals surface area contributed by atoms with Crippen molar-refractivity contribution in [3.05, 3.63) is 23.8 Å². The molecule has 0 fully saturated rings. The molecule has 1 aromatic carbocycles. The van der Waals surface area contributed by atoms with Crippen LogP contribution in [0.5, 0.6) is 0 Å². The van der Waals surface area contributed by atoms with Crippen LogP contribution in [0.1, 0.15) is 17.3 Å². The Balaban J connectivity index is 3.09. The van der Waals surface area contributed by atoms with Crippen LogP contribution < -0.4 is 16.4 Å². The van der Waals surface area contributed by atoms with Crippen molar-refractivity contribution < 1.29 is 9.90 Å². The molecule has 0 saturated heterocycles. The van der Waals surface area contributed by atoms with E-state index in [4.69, 9.17) is 16.6 Å². The summed E-state index contributed by atoms with van der Waals surface area (Å²) in [5.41, 5.74) is 12.7. The van der Waals surface area contributed by atoms with Gasteiger partial charge in [-0.3, -0.25) is 4.79 Å². The average molecular weight is 223 g/mol. The van der Waals surface area contributed by atoms with Crippen molar-refractivity contribution in [1.82, 2.24) is 0 Å². The van der Waals surface area contributed by atoms with Crippen LogP contribution >= 0.6 is 0 Å². The standard InChI is InChI=1S/C11H17N3O2/c1-2-14(5-6-15)10-7-8(11(13)16)3-4-9(10)12/h3-4,7,15H,2,5-6,12H2,1H3,(H2,13,16). The van der Waals surface area contributed by atoms with E-state index in [0.717, 1.165) is 5.69 Å². The Morgan fingerprint density at radius 3 is 2.69 bits per heavy atom. The van der Waals surface area contributed by atoms with Crippen LogP contribution in [0.15, 0.2) is 18.2 Å². The fourth-order valence-corrected chi connectivity index (χ4v) is 1.54. The first kappa shape index (κ1) is 12.3. The first-order valence-electron chi connectivity index (χ1n) is 5.15. The molecule has 0 radical (unpaired) electrons. The Bertz CT molecular complexity index is 379. The maximum absolute atomic E-state index is 11.0. The minimum atomic E-state index is -0.485. The molecule has 0 heterocycles. The number of hydrogen-bond acceptors (Lipinski definition) is 4. The monoisotopic (exact) mass is 223 g/mol. The smallest absolute Gasteiger partial charge is 0.248 e. The summed E-state index contributed by atoms with van der Waals surface area (Å²) in [7, 11) is 0. The van der Waals surface area contributed by atoms with E-state index in [0.29, 0.717) is 24.3 Å². The van der Waals surface area contributed by atoms with Gasteiger partial charge in [0.15, 0.2) is 0 Å². The predicted molar refractivity (Wildman–Crippen MR) is 64.3 cm³/mol. The second-order valence-corrected chi connectivity index (χ2v) is 3.44. The molecule has 0 saturated carbocycles. The number of primary amides is 1. The predicted octanol–water partition coefficient (Wildman–Crippen LogP) is 0.186. The molecule has 5 nitrogen and oxygen atoms in total. The SMILES string of the molecule is CCN(CCO)c1cc(C(N)=O)ccc1N. The number of nitrogens with zero attached hydrogens (tertiary/aromatic N) is 1. The number of nitrogens with two attached hydrogens (primary N) is 2. The number of hydrogen-bond donors (Lipinski definition) is 3. The lowest BCUT2D eigenvalue weighted by atomic mass is 10.1. The number of carbonyl (C=O) groups excluding carboxylic acids is 1. The zero-order valence-electron chi connectivity index (χ0n) is 9.31. The third kappa shape index (κ3) is 2.64. The van der Waals surface area contributed by atoms with Crippen LogP contribution in [0.25, 0.3) is 0 Å². The number of amides is 1. The molecule has 0 aliphatic heterocycles. The van der Waals surface area contributed by atoms with Crippen molar-refractivity contribution in [3.8, 4) is 0 Å². The van der Waals surface area contributed by atoms with Gasteiger partial charge in [0, 0.05) is 18.7 Å². The summed E-state index contributed by atoms with van der Waals surface area (Å²) in [5.74, 6) is -0.485. The number of carbonyl (C=O) groups is 1. The van der Waals surface area contributed by atoms with Gasteiger partial charge in [0.25, 0.3) is 0 Å². The minimum absolute atomic E-state index is 0.0358. The third-order valence-corrected chi connectivity index (χ3v) is 2.41. The van der Waals surface area contributed by atoms with E-state index in [9.17, 15) is 4.79 Å². The zero-order chi connectivity index (χ0) is 12.1. The average Bonchev–Trinajstić information content (AvgIpc) is 2.26. The van der Waals surface area contributed by atoms with E-state index in [1.165, 1.54) is 0 Å². The van der Waals surface area contributed by atoms with Gasteiger partial charge in [-0.05, 0) is 25.1 Å². The highest BCUT2D eigenvalue weighted by Gasteiger charge is 2.10. The summed E-state index contributed by atoms with van der Waals surface area (Å²) in [5, 5.41) is 8.92. The van der Waals surface area contributed by atoms with Crippen molar-refractivity contribution >= 4 is 17.3 Å². The Morgan fingerprint density at radius 2 is 2.19 bits per heavy atom. The number of aliphatic hydroxyl groups is 1. The van der Waals surface area contributed by atoms with Gasteiger partial charge in [-0.25, -0.2) is 0 Å². The number of anilines is 2. The van der Waals surface area contributed by atoms with Gasteiger partial charge in [0.05, 0.1) is 18.0 Å². The van der Waals surface area contributed by atoms with Crippen molar-refractivity contribution in [2.45, 2.75) is 6.92 Å². The molecule has 1 rings (SSSR count). The molecule has 0 unspecified atom stereocenters. The molecule has 0 aliphatic rings. The molecular weight excluding hydrogens is 206 g/mol. The van der Waals surface area contributed by atoms with Crippen LogP contribution in [0.2, 0.25) is 0 Å². The van der Waals surface area contributed by atoms with Gasteiger partial charge >= 0.3 is 0 Å². The van der Waals surface area contributed by atoms with E-state index in [-0.39, 0.29) is 6.61 Å². The maximum atomic E-state index is 11.0. The van der Waals surface area contributed by atoms with Gasteiger partial charge in [0.1, 0.15) is 0 Å². The quantitative estimate of drug-likeness (QED) is 0.621. The number of aliphatic hydroxyl groups excluding tert-OH is 1. The number of benzene rings is 1. The molecule has 0 aromatic heterocycles. The maximum Gasteiger partial charge on any atom is 0.248 e. The topological polar surface area (TPSA) is 92.6 Å². The van der Waals surface area contributed by atoms with Crippen LogP contribution in [0.4, 0.5) is 11.4 Å². The molecule has 88 valence electrons. The largest absolute Gasteiger partial charge is 0.397 e. The van der Waals surface area contributed by atoms with E-state index in [2.05, 4.69) is 0 Å². The third-order valence-electron chi connectivity index (χ3n) is 2.41. The molecule has 0 aliphatic carbocycles. The van der Waals surface area contributed by atoms with Crippen LogP contribution in [-0.4, -0.2) is 30.7 Å². The lowest BCUT2D eigenvalue weighted by molar-refractivity contribution is 0.100. The lowest BCUT2D eigenvalue weighted by Crippen LogP contribution is -2.27. The van der Waals surface area contributed by atoms with Gasteiger partial charge < -0.3 is 21.5 Å². The molecule has 0 spiro atoms. The second kappa shape index (κ2) is 5.37. The molecule has 1 aromatic rings. The Morgan fingerprint density at radius 1 is 1.50 bits per heavy atom. The van der Waals surface area contributed by atoms with Crippen LogP contribution in [0.3, 0.4) is 0 Å². The van der Waals surface area contributed by atoms with E-state index in [1.807, 2.05) is 11.8 Å². The zero-order valence-corrected chi connectivity index (χ0v) is 9.31. The Kier molecular flexibility index (Phi) is 4.13. The molecule has 0 bridgehead atoms. The molecule has 5 heteroatoms. The first-order valence-corrected chi connectivity index (χ1v) is 5.15. The Labute approximate surface area is 94.7 Å². The Hall–Kier alpha value is -1.75. The van der Waals surface area contributed by atoms with Crippen molar-refractivity contribution in [1.29, 1.82) is 0 Å². The number of nitrogen functional groups attached to an aromatic ring is 1. The van der Waals surface area contributed by atoms with Crippen LogP contribution in [0, 0.1) is 0 Å². The highest BCUT2D eigenvalue weighted by Crippen LogP contribution is 2.24. The summed E-state index contributed by atoms with van der Waals surface area (Å²) in [6.07, 6.45) is 0. The summed E-state index contributed by atoms with van der Waals surface area (Å²) in [4.78, 5) is 12.9. The molecule has 16 heavy (non-hydrogen) atoms. The fraction of sp³-hybridized carbons (Fsp3) is 0.364. The normalized spacial score (nSPS) is 10.1. The number of likely N-dealkylation sites (N-methyl/N-ethyl adjacent to an activating group) is 1. The molecule has 1 amide bonds. The summed E-state index contributed by atoms with van der Waals surface area (Å²) in [6, 6.07) is 4.89. The molecule has 0 atom stereocenters. The van der Waals surface area contributed by atoms with Crippen molar-refractivity contribution in [3.63, 3.8) is 0 Å². The minimum Gasteiger partial charge on any atom is -0.397 e. The highest BCUT2D eigenvalue weighted by atomic mass is 16.3. The lowest BCUT2D eigenvalue weighted by Gasteiger charge is -2.24. The van der Waals surface area contributed by atoms with Crippen molar-refractivity contribution in [2.75, 3.05) is 30.3 Å². The van der Waals surface area contributed by atoms with Gasteiger partial charge in [0.2, 0.25) is 5.91 Å². The second-order valence-electron chi connectivity index (χ2n) is 3.44. The van der Waals surface area contributed by atoms with E-state index >= 15 is 0 Å². The van der Waals surface area contributed by atoms with Crippen molar-refractivity contribution in [2.24, 2.45) is 5.73 Å². The van der Waals surface area contributed by atoms with Gasteiger partial charge in [-0.1, -0.05) is 0 Å². The summed E-state index contributed by atoms with van der Waals surface area (Å²) in [6.45, 7) is 3.16. The summed E-state index contributed by atoms with van der Waals surface area (Å²) >= 11 is 0. The van der Waals surface area contributed by atoms with Gasteiger partial charge in [-0.2, -0.15) is 0 Å². The fourth-order valence-electron chi connectivity index (χ4n) is 1.54. The first-order chi connectivity index (χ1) is 7.60. The van der Waals surface area contributed by atoms with E-state index in [1.54, 1.807) is 18.2 Å².